The highest BCUT2D eigenvalue weighted by Gasteiger charge is 2.56. The Hall–Kier alpha value is -1.33. The number of esters is 1. The maximum atomic E-state index is 11.6. The second-order valence-corrected chi connectivity index (χ2v) is 4.39. The van der Waals surface area contributed by atoms with Gasteiger partial charge in [-0.3, -0.25) is 0 Å². The molecule has 0 bridgehead atoms. The molecule has 16 heavy (non-hydrogen) atoms. The largest absolute Gasteiger partial charge is 0.466 e. The van der Waals surface area contributed by atoms with E-state index in [9.17, 15) is 9.90 Å². The summed E-state index contributed by atoms with van der Waals surface area (Å²) < 4.78 is 10.2. The van der Waals surface area contributed by atoms with E-state index in [0.29, 0.717) is 5.57 Å². The van der Waals surface area contributed by atoms with Crippen molar-refractivity contribution < 1.29 is 19.4 Å². The second-order valence-electron chi connectivity index (χ2n) is 4.39. The van der Waals surface area contributed by atoms with E-state index in [1.165, 1.54) is 7.11 Å². The highest BCUT2D eigenvalue weighted by molar-refractivity contribution is 5.89. The Morgan fingerprint density at radius 3 is 3.31 bits per heavy atom. The molecule has 3 aliphatic rings. The first kappa shape index (κ1) is 9.86. The summed E-state index contributed by atoms with van der Waals surface area (Å²) in [6.45, 7) is 0.268. The molecule has 1 saturated heterocycles. The number of methoxy groups -OCH3 is 1. The molecule has 0 saturated carbocycles. The average molecular weight is 223 g/mol. The van der Waals surface area contributed by atoms with Crippen LogP contribution in [0.5, 0.6) is 0 Å². The SMILES string of the molecule is COC(=O)C1=CNC2OC[C@]3(O)C=C[C@H]1[C@H]23. The van der Waals surface area contributed by atoms with Crippen molar-refractivity contribution in [1.82, 2.24) is 5.32 Å². The number of carbonyl (C=O) groups excluding carboxylic acids is 1. The van der Waals surface area contributed by atoms with E-state index >= 15 is 0 Å². The molecular formula is C11H13NO4. The molecule has 1 unspecified atom stereocenters. The van der Waals surface area contributed by atoms with Gasteiger partial charge >= 0.3 is 5.97 Å². The van der Waals surface area contributed by atoms with Crippen LogP contribution in [0.3, 0.4) is 0 Å². The molecule has 2 N–H and O–H groups in total. The summed E-state index contributed by atoms with van der Waals surface area (Å²) in [5, 5.41) is 13.3. The summed E-state index contributed by atoms with van der Waals surface area (Å²) in [5.74, 6) is -0.616. The van der Waals surface area contributed by atoms with Gasteiger partial charge in [0.05, 0.1) is 19.3 Å². The maximum absolute atomic E-state index is 11.6. The van der Waals surface area contributed by atoms with Crippen LogP contribution >= 0.6 is 0 Å². The van der Waals surface area contributed by atoms with Gasteiger partial charge < -0.3 is 19.9 Å². The minimum atomic E-state index is -0.949. The van der Waals surface area contributed by atoms with Crippen molar-refractivity contribution in [3.63, 3.8) is 0 Å². The number of hydrogen-bond acceptors (Lipinski definition) is 5. The lowest BCUT2D eigenvalue weighted by Gasteiger charge is -2.32. The summed E-state index contributed by atoms with van der Waals surface area (Å²) in [4.78, 5) is 11.6. The smallest absolute Gasteiger partial charge is 0.335 e. The zero-order valence-corrected chi connectivity index (χ0v) is 8.84. The van der Waals surface area contributed by atoms with E-state index in [1.54, 1.807) is 12.3 Å². The number of nitrogens with one attached hydrogen (secondary N) is 1. The van der Waals surface area contributed by atoms with Gasteiger partial charge in [-0.15, -0.1) is 0 Å². The van der Waals surface area contributed by atoms with Crippen molar-refractivity contribution in [2.75, 3.05) is 13.7 Å². The van der Waals surface area contributed by atoms with Crippen molar-refractivity contribution >= 4 is 5.97 Å². The maximum Gasteiger partial charge on any atom is 0.335 e. The summed E-state index contributed by atoms with van der Waals surface area (Å²) in [5.41, 5.74) is -0.406. The quantitative estimate of drug-likeness (QED) is 0.465. The summed E-state index contributed by atoms with van der Waals surface area (Å²) in [6, 6.07) is 0. The van der Waals surface area contributed by atoms with Crippen molar-refractivity contribution in [3.05, 3.63) is 23.9 Å². The van der Waals surface area contributed by atoms with Crippen LogP contribution < -0.4 is 5.32 Å². The Balaban J connectivity index is 1.98. The van der Waals surface area contributed by atoms with Gasteiger partial charge in [-0.05, 0) is 0 Å². The molecule has 0 radical (unpaired) electrons. The molecule has 0 aromatic carbocycles. The van der Waals surface area contributed by atoms with Crippen LogP contribution in [0, 0.1) is 11.8 Å². The van der Waals surface area contributed by atoms with Gasteiger partial charge in [0, 0.05) is 18.0 Å². The molecule has 2 aliphatic heterocycles. The monoisotopic (exact) mass is 223 g/mol. The molecule has 2 heterocycles. The molecule has 0 spiro atoms. The fourth-order valence-corrected chi connectivity index (χ4v) is 2.76. The Bertz CT molecular complexity index is 403. The topological polar surface area (TPSA) is 67.8 Å². The van der Waals surface area contributed by atoms with Crippen LogP contribution in [0.25, 0.3) is 0 Å². The molecule has 0 amide bonds. The summed E-state index contributed by atoms with van der Waals surface area (Å²) in [7, 11) is 1.35. The molecular weight excluding hydrogens is 210 g/mol. The van der Waals surface area contributed by atoms with Crippen LogP contribution in [0.4, 0.5) is 0 Å². The first-order chi connectivity index (χ1) is 7.65. The predicted molar refractivity (Wildman–Crippen MR) is 54.0 cm³/mol. The molecule has 0 aromatic heterocycles. The van der Waals surface area contributed by atoms with Crippen LogP contribution in [-0.4, -0.2) is 36.6 Å². The van der Waals surface area contributed by atoms with Crippen LogP contribution in [0.2, 0.25) is 0 Å². The zero-order chi connectivity index (χ0) is 11.3. The standard InChI is InChI=1S/C11H13NO4/c1-15-10(13)7-4-12-9-8-6(7)2-3-11(8,14)5-16-9/h2-4,6,8-9,12,14H,5H2,1H3/t6-,8-,9?,11-/m1/s1. The van der Waals surface area contributed by atoms with Gasteiger partial charge in [-0.2, -0.15) is 0 Å². The molecule has 1 fully saturated rings. The third-order valence-corrected chi connectivity index (χ3v) is 3.56. The molecule has 5 nitrogen and oxygen atoms in total. The lowest BCUT2D eigenvalue weighted by Crippen LogP contribution is -2.46. The fraction of sp³-hybridized carbons (Fsp3) is 0.545. The van der Waals surface area contributed by atoms with Crippen molar-refractivity contribution in [3.8, 4) is 0 Å². The van der Waals surface area contributed by atoms with Crippen molar-refractivity contribution in [2.45, 2.75) is 11.8 Å². The molecule has 0 aromatic rings. The van der Waals surface area contributed by atoms with Crippen LogP contribution in [0.1, 0.15) is 0 Å². The highest BCUT2D eigenvalue weighted by Crippen LogP contribution is 2.47. The fourth-order valence-electron chi connectivity index (χ4n) is 2.76. The number of carbonyl (C=O) groups is 1. The van der Waals surface area contributed by atoms with E-state index < -0.39 is 5.60 Å². The normalized spacial score (nSPS) is 43.6. The van der Waals surface area contributed by atoms with Gasteiger partial charge in [-0.25, -0.2) is 4.79 Å². The second kappa shape index (κ2) is 3.09. The predicted octanol–water partition coefficient (Wildman–Crippen LogP) is -0.464. The lowest BCUT2D eigenvalue weighted by molar-refractivity contribution is -0.137. The summed E-state index contributed by atoms with van der Waals surface area (Å²) in [6.07, 6.45) is 4.99. The Morgan fingerprint density at radius 2 is 2.56 bits per heavy atom. The first-order valence-corrected chi connectivity index (χ1v) is 5.23. The number of aliphatic hydroxyl groups is 1. The van der Waals surface area contributed by atoms with E-state index in [1.807, 2.05) is 6.08 Å². The van der Waals surface area contributed by atoms with E-state index in [2.05, 4.69) is 5.32 Å². The van der Waals surface area contributed by atoms with E-state index in [-0.39, 0.29) is 30.6 Å². The minimum absolute atomic E-state index is 0.119. The minimum Gasteiger partial charge on any atom is -0.466 e. The Kier molecular flexibility index (Phi) is 1.90. The van der Waals surface area contributed by atoms with E-state index in [0.717, 1.165) is 0 Å². The molecule has 5 heteroatoms. The molecule has 86 valence electrons. The van der Waals surface area contributed by atoms with Gasteiger partial charge in [0.1, 0.15) is 11.8 Å². The number of rotatable bonds is 1. The molecule has 4 atom stereocenters. The number of allylic oxidation sites excluding steroid dienone is 1. The van der Waals surface area contributed by atoms with Crippen LogP contribution in [0.15, 0.2) is 23.9 Å². The van der Waals surface area contributed by atoms with Gasteiger partial charge in [0.25, 0.3) is 0 Å². The third-order valence-electron chi connectivity index (χ3n) is 3.56. The van der Waals surface area contributed by atoms with Crippen molar-refractivity contribution in [1.29, 1.82) is 0 Å². The zero-order valence-electron chi connectivity index (χ0n) is 8.84. The average Bonchev–Trinajstić information content (AvgIpc) is 2.81. The van der Waals surface area contributed by atoms with Gasteiger partial charge in [0.2, 0.25) is 0 Å². The van der Waals surface area contributed by atoms with Gasteiger partial charge in [-0.1, -0.05) is 12.2 Å². The van der Waals surface area contributed by atoms with Crippen molar-refractivity contribution in [2.24, 2.45) is 11.8 Å². The highest BCUT2D eigenvalue weighted by atomic mass is 16.5. The third kappa shape index (κ3) is 1.10. The van der Waals surface area contributed by atoms with Crippen LogP contribution in [-0.2, 0) is 14.3 Å². The first-order valence-electron chi connectivity index (χ1n) is 5.23. The Morgan fingerprint density at radius 1 is 1.75 bits per heavy atom. The lowest BCUT2D eigenvalue weighted by atomic mass is 9.80. The summed E-state index contributed by atoms with van der Waals surface area (Å²) >= 11 is 0. The van der Waals surface area contributed by atoms with E-state index in [4.69, 9.17) is 9.47 Å². The number of ether oxygens (including phenoxy) is 2. The Labute approximate surface area is 92.7 Å². The molecule has 1 aliphatic carbocycles. The number of hydrogen-bond donors (Lipinski definition) is 2. The molecule has 3 rings (SSSR count). The van der Waals surface area contributed by atoms with Gasteiger partial charge in [0.15, 0.2) is 0 Å².